The molecule has 3 fully saturated rings. The summed E-state index contributed by atoms with van der Waals surface area (Å²) in [6.45, 7) is 3.36. The molecule has 0 spiro atoms. The number of aromatic nitrogens is 6. The number of carbonyl (C=O) groups excluding carboxylic acids is 3. The smallest absolute Gasteiger partial charge is 0.331 e. The van der Waals surface area contributed by atoms with E-state index < -0.39 is 6.61 Å². The fourth-order valence-corrected chi connectivity index (χ4v) is 5.59. The summed E-state index contributed by atoms with van der Waals surface area (Å²) in [5.74, 6) is 1.15. The lowest BCUT2D eigenvalue weighted by Crippen LogP contribution is -2.30. The van der Waals surface area contributed by atoms with Crippen molar-refractivity contribution < 1.29 is 19.5 Å². The minimum Gasteiger partial charge on any atom is -0.388 e. The van der Waals surface area contributed by atoms with Gasteiger partial charge in [0.2, 0.25) is 11.8 Å². The Morgan fingerprint density at radius 3 is 2.61 bits per heavy atom. The molecule has 14 nitrogen and oxygen atoms in total. The van der Waals surface area contributed by atoms with Gasteiger partial charge in [-0.25, -0.2) is 29.7 Å². The SMILES string of the molecule is Cc1ccnc(C2CC2C(=O)Nc2cc(N[C@H](C)c3cn4cc(C5CC5)cc(N5CC(=O)N(C)C5=O)c4n3)nc(CO)n2)n1. The van der Waals surface area contributed by atoms with Gasteiger partial charge in [0.05, 0.1) is 17.4 Å². The van der Waals surface area contributed by atoms with Crippen LogP contribution >= 0.6 is 0 Å². The highest BCUT2D eigenvalue weighted by Crippen LogP contribution is 2.46. The summed E-state index contributed by atoms with van der Waals surface area (Å²) >= 11 is 0. The van der Waals surface area contributed by atoms with Crippen LogP contribution in [0.5, 0.6) is 0 Å². The molecule has 1 aliphatic heterocycles. The first kappa shape index (κ1) is 27.8. The first-order valence-corrected chi connectivity index (χ1v) is 14.6. The Labute approximate surface area is 252 Å². The second-order valence-corrected chi connectivity index (χ2v) is 11.7. The van der Waals surface area contributed by atoms with E-state index in [-0.39, 0.29) is 53.9 Å². The second kappa shape index (κ2) is 10.6. The molecular weight excluding hydrogens is 564 g/mol. The number of fused-ring (bicyclic) bond motifs is 1. The summed E-state index contributed by atoms with van der Waals surface area (Å²) in [7, 11) is 1.48. The van der Waals surface area contributed by atoms with Crippen LogP contribution in [0.1, 0.15) is 72.7 Å². The lowest BCUT2D eigenvalue weighted by atomic mass is 10.1. The van der Waals surface area contributed by atoms with Gasteiger partial charge in [-0.15, -0.1) is 0 Å². The number of pyridine rings is 1. The van der Waals surface area contributed by atoms with Crippen LogP contribution in [0.4, 0.5) is 22.1 Å². The first-order chi connectivity index (χ1) is 21.2. The molecule has 2 unspecified atom stereocenters. The van der Waals surface area contributed by atoms with E-state index in [1.807, 2.05) is 42.8 Å². The predicted octanol–water partition coefficient (Wildman–Crippen LogP) is 2.91. The molecule has 7 rings (SSSR count). The summed E-state index contributed by atoms with van der Waals surface area (Å²) < 4.78 is 1.90. The Hall–Kier alpha value is -4.98. The third kappa shape index (κ3) is 5.21. The van der Waals surface area contributed by atoms with Crippen LogP contribution < -0.4 is 15.5 Å². The van der Waals surface area contributed by atoms with E-state index in [4.69, 9.17) is 4.98 Å². The molecule has 0 radical (unpaired) electrons. The fraction of sp³-hybridized carbons (Fsp3) is 0.400. The number of urea groups is 1. The molecule has 1 saturated heterocycles. The molecule has 14 heteroatoms. The molecule has 5 heterocycles. The molecule has 3 N–H and O–H groups in total. The Kier molecular flexibility index (Phi) is 6.72. The van der Waals surface area contributed by atoms with Gasteiger partial charge in [0, 0.05) is 49.2 Å². The predicted molar refractivity (Wildman–Crippen MR) is 159 cm³/mol. The Morgan fingerprint density at radius 2 is 1.91 bits per heavy atom. The highest BCUT2D eigenvalue weighted by molar-refractivity contribution is 6.13. The normalized spacial score (nSPS) is 20.4. The Bertz CT molecular complexity index is 1820. The molecule has 2 aliphatic carbocycles. The van der Waals surface area contributed by atoms with Crippen molar-refractivity contribution in [3.63, 3.8) is 0 Å². The largest absolute Gasteiger partial charge is 0.388 e. The second-order valence-electron chi connectivity index (χ2n) is 11.7. The average Bonchev–Trinajstić information content (AvgIpc) is 3.93. The molecule has 44 heavy (non-hydrogen) atoms. The summed E-state index contributed by atoms with van der Waals surface area (Å²) in [6, 6.07) is 4.68. The molecule has 4 amide bonds. The number of imidazole rings is 1. The number of aryl methyl sites for hydroxylation is 1. The van der Waals surface area contributed by atoms with E-state index in [0.29, 0.717) is 41.0 Å². The molecule has 4 aromatic heterocycles. The molecule has 0 aromatic carbocycles. The maximum absolute atomic E-state index is 13.0. The number of nitrogens with zero attached hydrogens (tertiary/aromatic N) is 8. The van der Waals surface area contributed by atoms with E-state index in [1.165, 1.54) is 11.9 Å². The number of anilines is 3. The number of hydrogen-bond acceptors (Lipinski definition) is 10. The number of amides is 4. The number of aliphatic hydroxyl groups is 1. The van der Waals surface area contributed by atoms with Crippen LogP contribution in [0.25, 0.3) is 5.65 Å². The quantitative estimate of drug-likeness (QED) is 0.244. The van der Waals surface area contributed by atoms with Crippen molar-refractivity contribution in [3.8, 4) is 0 Å². The summed E-state index contributed by atoms with van der Waals surface area (Å²) in [4.78, 5) is 63.0. The zero-order valence-corrected chi connectivity index (χ0v) is 24.6. The van der Waals surface area contributed by atoms with Crippen molar-refractivity contribution in [1.82, 2.24) is 34.2 Å². The van der Waals surface area contributed by atoms with Crippen molar-refractivity contribution in [2.24, 2.45) is 5.92 Å². The van der Waals surface area contributed by atoms with Crippen LogP contribution in [0.15, 0.2) is 36.8 Å². The van der Waals surface area contributed by atoms with Gasteiger partial charge >= 0.3 is 6.03 Å². The zero-order chi connectivity index (χ0) is 30.7. The standard InChI is InChI=1S/C30H32N10O4/c1-15-6-7-31-27(32-15)19-9-20(19)29(43)37-24-10-23(35-25(14-41)36-24)33-16(2)21-12-39-11-18(17-4-5-17)8-22(28(39)34-21)40-13-26(42)38(3)30(40)44/h6-8,10-12,16-17,19-20,41H,4-5,9,13-14H2,1-3H3,(H2,33,35,36,37,43)/t16-,19?,20?/m1/s1. The first-order valence-electron chi connectivity index (χ1n) is 14.6. The van der Waals surface area contributed by atoms with Gasteiger partial charge in [-0.05, 0) is 56.7 Å². The fourth-order valence-electron chi connectivity index (χ4n) is 5.59. The van der Waals surface area contributed by atoms with Crippen molar-refractivity contribution in [2.45, 2.75) is 57.6 Å². The van der Waals surface area contributed by atoms with Crippen LogP contribution in [0, 0.1) is 12.8 Å². The van der Waals surface area contributed by atoms with Crippen LogP contribution in [-0.2, 0) is 16.2 Å². The van der Waals surface area contributed by atoms with Crippen LogP contribution in [0.3, 0.4) is 0 Å². The van der Waals surface area contributed by atoms with E-state index >= 15 is 0 Å². The summed E-state index contributed by atoms with van der Waals surface area (Å²) in [6.07, 6.45) is 8.44. The van der Waals surface area contributed by atoms with Gasteiger partial charge in [-0.1, -0.05) is 0 Å². The zero-order valence-electron chi connectivity index (χ0n) is 24.6. The average molecular weight is 597 g/mol. The minimum atomic E-state index is -0.408. The maximum atomic E-state index is 13.0. The number of nitrogens with one attached hydrogen (secondary N) is 2. The molecule has 3 aliphatic rings. The van der Waals surface area contributed by atoms with Gasteiger partial charge in [-0.2, -0.15) is 0 Å². The van der Waals surface area contributed by atoms with Gasteiger partial charge in [0.25, 0.3) is 0 Å². The van der Waals surface area contributed by atoms with E-state index in [1.54, 1.807) is 12.3 Å². The van der Waals surface area contributed by atoms with Gasteiger partial charge in [-0.3, -0.25) is 19.4 Å². The maximum Gasteiger partial charge on any atom is 0.331 e. The van der Waals surface area contributed by atoms with Crippen molar-refractivity contribution in [1.29, 1.82) is 0 Å². The summed E-state index contributed by atoms with van der Waals surface area (Å²) in [5, 5.41) is 16.0. The topological polar surface area (TPSA) is 171 Å². The van der Waals surface area contributed by atoms with E-state index in [9.17, 15) is 19.5 Å². The van der Waals surface area contributed by atoms with E-state index in [2.05, 4.69) is 30.6 Å². The monoisotopic (exact) mass is 596 g/mol. The van der Waals surface area contributed by atoms with Gasteiger partial charge in [0.15, 0.2) is 11.5 Å². The number of likely N-dealkylation sites (N-methyl/N-ethyl adjacent to an activating group) is 1. The van der Waals surface area contributed by atoms with Crippen molar-refractivity contribution >= 4 is 40.8 Å². The molecule has 0 bridgehead atoms. The number of hydrogen-bond donors (Lipinski definition) is 3. The molecule has 226 valence electrons. The number of aliphatic hydroxyl groups excluding tert-OH is 1. The number of imide groups is 1. The molecule has 4 aromatic rings. The van der Waals surface area contributed by atoms with Crippen molar-refractivity contribution in [3.05, 3.63) is 65.4 Å². The molecule has 2 saturated carbocycles. The third-order valence-electron chi connectivity index (χ3n) is 8.34. The molecule has 3 atom stereocenters. The van der Waals surface area contributed by atoms with E-state index in [0.717, 1.165) is 29.0 Å². The van der Waals surface area contributed by atoms with Crippen LogP contribution in [0.2, 0.25) is 0 Å². The number of carbonyl (C=O) groups is 3. The summed E-state index contributed by atoms with van der Waals surface area (Å²) in [5.41, 5.74) is 3.80. The highest BCUT2D eigenvalue weighted by atomic mass is 16.3. The Balaban J connectivity index is 1.11. The molecular formula is C30H32N10O4. The van der Waals surface area contributed by atoms with Gasteiger partial charge < -0.3 is 20.1 Å². The minimum absolute atomic E-state index is 0.0336. The lowest BCUT2D eigenvalue weighted by molar-refractivity contribution is -0.124. The van der Waals surface area contributed by atoms with Crippen LogP contribution in [-0.4, -0.2) is 70.8 Å². The van der Waals surface area contributed by atoms with Crippen molar-refractivity contribution in [2.75, 3.05) is 29.1 Å². The lowest BCUT2D eigenvalue weighted by Gasteiger charge is -2.17. The number of rotatable bonds is 9. The van der Waals surface area contributed by atoms with Gasteiger partial charge in [0.1, 0.15) is 30.6 Å². The third-order valence-corrected chi connectivity index (χ3v) is 8.34. The Morgan fingerprint density at radius 1 is 1.11 bits per heavy atom. The highest BCUT2D eigenvalue weighted by Gasteiger charge is 2.46.